The molecule has 0 fully saturated rings. The van der Waals surface area contributed by atoms with E-state index in [1.54, 1.807) is 7.05 Å². The van der Waals surface area contributed by atoms with E-state index in [-0.39, 0.29) is 0 Å². The van der Waals surface area contributed by atoms with Crippen molar-refractivity contribution in [2.45, 2.75) is 26.8 Å². The number of aryl methyl sites for hydroxylation is 3. The lowest BCUT2D eigenvalue weighted by atomic mass is 10.3. The highest BCUT2D eigenvalue weighted by Gasteiger charge is 2.01. The molecule has 0 saturated heterocycles. The lowest BCUT2D eigenvalue weighted by Gasteiger charge is -2.12. The third-order valence-corrected chi connectivity index (χ3v) is 3.57. The molecule has 130 valence electrons. The number of nitrogens with one attached hydrogen (secondary N) is 2. The van der Waals surface area contributed by atoms with Crippen LogP contribution in [0.2, 0.25) is 0 Å². The van der Waals surface area contributed by atoms with Gasteiger partial charge < -0.3 is 15.4 Å². The molecule has 0 unspecified atom stereocenters. The molecule has 24 heavy (non-hydrogen) atoms. The Bertz CT molecular complexity index is 636. The second-order valence-electron chi connectivity index (χ2n) is 5.59. The van der Waals surface area contributed by atoms with Crippen molar-refractivity contribution in [2.24, 2.45) is 4.99 Å². The Morgan fingerprint density at radius 1 is 1.17 bits per heavy atom. The highest BCUT2D eigenvalue weighted by Crippen LogP contribution is 2.07. The summed E-state index contributed by atoms with van der Waals surface area (Å²) in [6, 6.07) is 11.9. The zero-order valence-corrected chi connectivity index (χ0v) is 14.7. The summed E-state index contributed by atoms with van der Waals surface area (Å²) >= 11 is 0. The Morgan fingerprint density at radius 3 is 2.58 bits per heavy atom. The van der Waals surface area contributed by atoms with Gasteiger partial charge in [0.05, 0.1) is 12.2 Å². The summed E-state index contributed by atoms with van der Waals surface area (Å²) < 4.78 is 7.69. The normalized spacial score (nSPS) is 11.4. The first-order valence-electron chi connectivity index (χ1n) is 8.32. The minimum Gasteiger partial charge on any atom is -0.492 e. The fraction of sp³-hybridized carbons (Fsp3) is 0.444. The van der Waals surface area contributed by atoms with Crippen LogP contribution in [0.3, 0.4) is 0 Å². The van der Waals surface area contributed by atoms with Gasteiger partial charge in [0.15, 0.2) is 5.96 Å². The summed E-state index contributed by atoms with van der Waals surface area (Å²) in [5.74, 6) is 1.67. The second kappa shape index (κ2) is 9.60. The van der Waals surface area contributed by atoms with Crippen molar-refractivity contribution in [3.8, 4) is 5.75 Å². The van der Waals surface area contributed by atoms with Gasteiger partial charge in [-0.05, 0) is 38.5 Å². The molecule has 0 aliphatic carbocycles. The van der Waals surface area contributed by atoms with Crippen molar-refractivity contribution in [2.75, 3.05) is 26.7 Å². The number of rotatable bonds is 8. The number of nitrogens with zero attached hydrogens (tertiary/aromatic N) is 3. The topological polar surface area (TPSA) is 63.5 Å². The van der Waals surface area contributed by atoms with Crippen LogP contribution in [0.5, 0.6) is 5.75 Å². The van der Waals surface area contributed by atoms with Gasteiger partial charge in [-0.15, -0.1) is 0 Å². The summed E-state index contributed by atoms with van der Waals surface area (Å²) in [4.78, 5) is 4.22. The highest BCUT2D eigenvalue weighted by molar-refractivity contribution is 5.79. The van der Waals surface area contributed by atoms with E-state index in [0.29, 0.717) is 13.2 Å². The van der Waals surface area contributed by atoms with Gasteiger partial charge in [0.2, 0.25) is 0 Å². The van der Waals surface area contributed by atoms with Crippen LogP contribution >= 0.6 is 0 Å². The second-order valence-corrected chi connectivity index (χ2v) is 5.59. The minimum atomic E-state index is 0.594. The first kappa shape index (κ1) is 17.8. The van der Waals surface area contributed by atoms with Crippen LogP contribution in [0.25, 0.3) is 0 Å². The van der Waals surface area contributed by atoms with Crippen LogP contribution in [0.1, 0.15) is 17.8 Å². The molecule has 2 N–H and O–H groups in total. The van der Waals surface area contributed by atoms with E-state index in [1.807, 2.05) is 41.9 Å². The lowest BCUT2D eigenvalue weighted by molar-refractivity contribution is 0.322. The zero-order valence-electron chi connectivity index (χ0n) is 14.7. The van der Waals surface area contributed by atoms with Gasteiger partial charge in [-0.25, -0.2) is 0 Å². The molecule has 0 amide bonds. The first-order valence-corrected chi connectivity index (χ1v) is 8.32. The summed E-state index contributed by atoms with van der Waals surface area (Å²) in [7, 11) is 1.77. The van der Waals surface area contributed by atoms with Gasteiger partial charge >= 0.3 is 0 Å². The fourth-order valence-corrected chi connectivity index (χ4v) is 2.41. The zero-order chi connectivity index (χ0) is 17.2. The molecule has 0 aliphatic rings. The maximum atomic E-state index is 5.64. The molecular formula is C18H27N5O. The molecular weight excluding hydrogens is 302 g/mol. The Balaban J connectivity index is 1.59. The third kappa shape index (κ3) is 5.95. The third-order valence-electron chi connectivity index (χ3n) is 3.57. The summed E-state index contributed by atoms with van der Waals surface area (Å²) in [6.45, 7) is 7.15. The molecule has 1 aromatic heterocycles. The van der Waals surface area contributed by atoms with Crippen LogP contribution < -0.4 is 15.4 Å². The molecule has 1 aromatic carbocycles. The molecule has 0 radical (unpaired) electrons. The average Bonchev–Trinajstić information content (AvgIpc) is 2.92. The van der Waals surface area contributed by atoms with Gasteiger partial charge in [-0.3, -0.25) is 9.67 Å². The number of hydrogen-bond acceptors (Lipinski definition) is 3. The maximum absolute atomic E-state index is 5.64. The SMILES string of the molecule is CN=C(NCCCn1nc(C)cc1C)NCCOc1ccccc1. The number of hydrogen-bond donors (Lipinski definition) is 2. The number of aromatic nitrogens is 2. The number of aliphatic imine (C=N–C) groups is 1. The molecule has 0 atom stereocenters. The van der Waals surface area contributed by atoms with E-state index >= 15 is 0 Å². The number of guanidine groups is 1. The van der Waals surface area contributed by atoms with Crippen LogP contribution in [0.4, 0.5) is 0 Å². The monoisotopic (exact) mass is 329 g/mol. The predicted octanol–water partition coefficient (Wildman–Crippen LogP) is 2.13. The van der Waals surface area contributed by atoms with Crippen molar-refractivity contribution in [1.82, 2.24) is 20.4 Å². The molecule has 0 saturated carbocycles. The van der Waals surface area contributed by atoms with E-state index in [2.05, 4.69) is 33.7 Å². The summed E-state index contributed by atoms with van der Waals surface area (Å²) in [5.41, 5.74) is 2.27. The molecule has 2 aromatic rings. The van der Waals surface area contributed by atoms with Gasteiger partial charge in [-0.1, -0.05) is 18.2 Å². The Kier molecular flexibility index (Phi) is 7.14. The van der Waals surface area contributed by atoms with Gasteiger partial charge in [0.1, 0.15) is 12.4 Å². The van der Waals surface area contributed by atoms with Crippen molar-refractivity contribution in [3.63, 3.8) is 0 Å². The Labute approximate surface area is 143 Å². The standard InChI is InChI=1S/C18H27N5O/c1-15-14-16(2)23(22-15)12-7-10-20-18(19-3)21-11-13-24-17-8-5-4-6-9-17/h4-6,8-9,14H,7,10-13H2,1-3H3,(H2,19,20,21). The van der Waals surface area contributed by atoms with Gasteiger partial charge in [0, 0.05) is 25.8 Å². The summed E-state index contributed by atoms with van der Waals surface area (Å²) in [5, 5.41) is 11.0. The molecule has 6 heteroatoms. The first-order chi connectivity index (χ1) is 11.7. The molecule has 6 nitrogen and oxygen atoms in total. The van der Waals surface area contributed by atoms with E-state index in [0.717, 1.165) is 36.9 Å². The average molecular weight is 329 g/mol. The lowest BCUT2D eigenvalue weighted by Crippen LogP contribution is -2.39. The largest absolute Gasteiger partial charge is 0.492 e. The quantitative estimate of drug-likeness (QED) is 0.442. The van der Waals surface area contributed by atoms with Crippen LogP contribution in [0.15, 0.2) is 41.4 Å². The van der Waals surface area contributed by atoms with Crippen molar-refractivity contribution in [3.05, 3.63) is 47.8 Å². The van der Waals surface area contributed by atoms with Crippen LogP contribution in [-0.4, -0.2) is 42.5 Å². The minimum absolute atomic E-state index is 0.594. The highest BCUT2D eigenvalue weighted by atomic mass is 16.5. The maximum Gasteiger partial charge on any atom is 0.191 e. The van der Waals surface area contributed by atoms with E-state index in [4.69, 9.17) is 4.74 Å². The van der Waals surface area contributed by atoms with E-state index in [1.165, 1.54) is 5.69 Å². The van der Waals surface area contributed by atoms with Crippen molar-refractivity contribution >= 4 is 5.96 Å². The van der Waals surface area contributed by atoms with Crippen molar-refractivity contribution < 1.29 is 4.74 Å². The molecule has 2 rings (SSSR count). The van der Waals surface area contributed by atoms with Crippen LogP contribution in [-0.2, 0) is 6.54 Å². The summed E-state index contributed by atoms with van der Waals surface area (Å²) in [6.07, 6.45) is 0.989. The van der Waals surface area contributed by atoms with E-state index < -0.39 is 0 Å². The smallest absolute Gasteiger partial charge is 0.191 e. The van der Waals surface area contributed by atoms with E-state index in [9.17, 15) is 0 Å². The molecule has 0 spiro atoms. The number of para-hydroxylation sites is 1. The molecule has 0 bridgehead atoms. The van der Waals surface area contributed by atoms with Gasteiger partial charge in [-0.2, -0.15) is 5.10 Å². The van der Waals surface area contributed by atoms with Crippen LogP contribution in [0, 0.1) is 13.8 Å². The van der Waals surface area contributed by atoms with Gasteiger partial charge in [0.25, 0.3) is 0 Å². The number of benzene rings is 1. The predicted molar refractivity (Wildman–Crippen MR) is 97.6 cm³/mol. The Morgan fingerprint density at radius 2 is 1.92 bits per heavy atom. The number of ether oxygens (including phenoxy) is 1. The molecule has 0 aliphatic heterocycles. The Hall–Kier alpha value is -2.50. The fourth-order valence-electron chi connectivity index (χ4n) is 2.41. The molecule has 1 heterocycles. The van der Waals surface area contributed by atoms with Crippen molar-refractivity contribution in [1.29, 1.82) is 0 Å².